The zero-order valence-corrected chi connectivity index (χ0v) is 37.1. The van der Waals surface area contributed by atoms with Crippen molar-refractivity contribution >= 4 is 17.1 Å². The Morgan fingerprint density at radius 3 is 1.20 bits per heavy atom. The van der Waals surface area contributed by atoms with E-state index in [1.165, 1.54) is 89.0 Å². The Labute approximate surface area is 388 Å². The summed E-state index contributed by atoms with van der Waals surface area (Å²) in [5.41, 5.74) is 23.0. The molecule has 0 radical (unpaired) electrons. The maximum absolute atomic E-state index is 2.54. The average Bonchev–Trinajstić information content (AvgIpc) is 3.95. The predicted molar refractivity (Wildman–Crippen MR) is 273 cm³/mol. The molecule has 0 bridgehead atoms. The number of rotatable bonds is 7. The molecule has 0 spiro atoms. The number of anilines is 3. The van der Waals surface area contributed by atoms with Gasteiger partial charge in [-0.1, -0.05) is 232 Å². The fourth-order valence-electron chi connectivity index (χ4n) is 12.5. The SMILES string of the molecule is CC1(C)c2ccccc2-c2ccc(N(c3ccc(C4(c5ccccc5)c5ccccc5-c5ccccc54)cc3)c3cccc4c3-c3ccccc3C4(c3ccccc3)c3ccccc3)cc21. The Kier molecular flexibility index (Phi) is 8.45. The number of hydrogen-bond acceptors (Lipinski definition) is 1. The molecular formula is C65H47N. The summed E-state index contributed by atoms with van der Waals surface area (Å²) in [7, 11) is 0. The molecule has 1 heteroatoms. The van der Waals surface area contributed by atoms with Crippen LogP contribution in [0.25, 0.3) is 33.4 Å². The second kappa shape index (κ2) is 14.5. The maximum atomic E-state index is 2.54. The Bertz CT molecular complexity index is 3410. The molecule has 0 heterocycles. The first-order chi connectivity index (χ1) is 32.5. The first kappa shape index (κ1) is 38.5. The van der Waals surface area contributed by atoms with Crippen molar-refractivity contribution in [2.45, 2.75) is 30.1 Å². The van der Waals surface area contributed by atoms with Crippen LogP contribution in [0.3, 0.4) is 0 Å². The van der Waals surface area contributed by atoms with Gasteiger partial charge in [-0.3, -0.25) is 0 Å². The Balaban J connectivity index is 1.07. The van der Waals surface area contributed by atoms with E-state index in [2.05, 4.69) is 267 Å². The number of hydrogen-bond donors (Lipinski definition) is 0. The fraction of sp³-hybridized carbons (Fsp3) is 0.0769. The van der Waals surface area contributed by atoms with Gasteiger partial charge in [-0.05, 0) is 114 Å². The molecule has 0 atom stereocenters. The third-order valence-electron chi connectivity index (χ3n) is 15.2. The highest BCUT2D eigenvalue weighted by molar-refractivity contribution is 5.98. The lowest BCUT2D eigenvalue weighted by molar-refractivity contribution is 0.660. The highest BCUT2D eigenvalue weighted by Gasteiger charge is 2.48. The standard InChI is InChI=1S/C65H47N/c1-63(2)55-31-16-12-27-50(55)53-42-41-49(43-60(53)63)66(48-39-37-47(38-40-48)64(44-21-6-3-7-22-44)56-32-17-13-28-51(56)52-29-14-18-33-57(52)64)61-36-20-35-59-62(61)54-30-15-19-34-58(54)65(59,45-23-8-4-9-24-45)46-25-10-5-11-26-46/h3-43H,1-2H3. The Morgan fingerprint density at radius 1 is 0.273 bits per heavy atom. The van der Waals surface area contributed by atoms with Crippen molar-refractivity contribution < 1.29 is 0 Å². The first-order valence-corrected chi connectivity index (χ1v) is 23.3. The quantitative estimate of drug-likeness (QED) is 0.155. The number of fused-ring (bicyclic) bond motifs is 9. The first-order valence-electron chi connectivity index (χ1n) is 23.3. The Morgan fingerprint density at radius 2 is 0.652 bits per heavy atom. The summed E-state index contributed by atoms with van der Waals surface area (Å²) in [6.45, 7) is 4.76. The molecule has 66 heavy (non-hydrogen) atoms. The summed E-state index contributed by atoms with van der Waals surface area (Å²) in [6.07, 6.45) is 0. The van der Waals surface area contributed by atoms with E-state index in [0.717, 1.165) is 17.1 Å². The van der Waals surface area contributed by atoms with Crippen molar-refractivity contribution in [2.24, 2.45) is 0 Å². The highest BCUT2D eigenvalue weighted by Crippen LogP contribution is 2.61. The number of benzene rings is 10. The van der Waals surface area contributed by atoms with Gasteiger partial charge in [-0.25, -0.2) is 0 Å². The third-order valence-corrected chi connectivity index (χ3v) is 15.2. The summed E-state index contributed by atoms with van der Waals surface area (Å²) >= 11 is 0. The molecule has 10 aromatic carbocycles. The Hall–Kier alpha value is -8.00. The fourth-order valence-corrected chi connectivity index (χ4v) is 12.5. The smallest absolute Gasteiger partial charge is 0.0714 e. The van der Waals surface area contributed by atoms with Crippen molar-refractivity contribution in [1.82, 2.24) is 0 Å². The molecule has 0 amide bonds. The largest absolute Gasteiger partial charge is 0.310 e. The normalized spacial score (nSPS) is 14.9. The van der Waals surface area contributed by atoms with Crippen molar-refractivity contribution in [1.29, 1.82) is 0 Å². The van der Waals surface area contributed by atoms with E-state index in [-0.39, 0.29) is 5.41 Å². The van der Waals surface area contributed by atoms with Crippen LogP contribution in [-0.4, -0.2) is 0 Å². The maximum Gasteiger partial charge on any atom is 0.0714 e. The summed E-state index contributed by atoms with van der Waals surface area (Å²) < 4.78 is 0. The van der Waals surface area contributed by atoms with Crippen LogP contribution >= 0.6 is 0 Å². The molecule has 0 saturated carbocycles. The molecule has 10 aromatic rings. The van der Waals surface area contributed by atoms with Crippen LogP contribution in [0.1, 0.15) is 69.5 Å². The zero-order valence-electron chi connectivity index (χ0n) is 37.1. The average molecular weight is 842 g/mol. The third kappa shape index (κ3) is 5.17. The van der Waals surface area contributed by atoms with E-state index < -0.39 is 10.8 Å². The molecule has 1 nitrogen and oxygen atoms in total. The minimum atomic E-state index is -0.521. The van der Waals surface area contributed by atoms with Gasteiger partial charge in [0.2, 0.25) is 0 Å². The topological polar surface area (TPSA) is 3.24 Å². The van der Waals surface area contributed by atoms with Gasteiger partial charge in [-0.2, -0.15) is 0 Å². The molecule has 13 rings (SSSR count). The lowest BCUT2D eigenvalue weighted by Gasteiger charge is -2.35. The second-order valence-corrected chi connectivity index (χ2v) is 18.7. The molecule has 312 valence electrons. The van der Waals surface area contributed by atoms with Gasteiger partial charge in [0.15, 0.2) is 0 Å². The lowest BCUT2D eigenvalue weighted by Crippen LogP contribution is -2.28. The van der Waals surface area contributed by atoms with Gasteiger partial charge in [0.1, 0.15) is 0 Å². The van der Waals surface area contributed by atoms with Crippen LogP contribution in [0.2, 0.25) is 0 Å². The molecular weight excluding hydrogens is 795 g/mol. The van der Waals surface area contributed by atoms with Gasteiger partial charge in [-0.15, -0.1) is 0 Å². The molecule has 0 saturated heterocycles. The van der Waals surface area contributed by atoms with E-state index in [4.69, 9.17) is 0 Å². The summed E-state index contributed by atoms with van der Waals surface area (Å²) in [4.78, 5) is 2.54. The molecule has 3 aliphatic carbocycles. The van der Waals surface area contributed by atoms with Crippen LogP contribution < -0.4 is 4.90 Å². The lowest BCUT2D eigenvalue weighted by atomic mass is 9.67. The van der Waals surface area contributed by atoms with Crippen LogP contribution in [0, 0.1) is 0 Å². The molecule has 0 N–H and O–H groups in total. The van der Waals surface area contributed by atoms with Crippen LogP contribution in [0.5, 0.6) is 0 Å². The minimum Gasteiger partial charge on any atom is -0.310 e. The molecule has 0 fully saturated rings. The number of nitrogens with zero attached hydrogens (tertiary/aromatic N) is 1. The van der Waals surface area contributed by atoms with Crippen molar-refractivity contribution in [3.63, 3.8) is 0 Å². The van der Waals surface area contributed by atoms with E-state index in [9.17, 15) is 0 Å². The van der Waals surface area contributed by atoms with Gasteiger partial charge in [0, 0.05) is 22.4 Å². The minimum absolute atomic E-state index is 0.163. The van der Waals surface area contributed by atoms with E-state index in [1.807, 2.05) is 0 Å². The monoisotopic (exact) mass is 841 g/mol. The van der Waals surface area contributed by atoms with Gasteiger partial charge in [0.25, 0.3) is 0 Å². The van der Waals surface area contributed by atoms with E-state index in [0.29, 0.717) is 0 Å². The van der Waals surface area contributed by atoms with E-state index >= 15 is 0 Å². The molecule has 3 aliphatic rings. The van der Waals surface area contributed by atoms with Gasteiger partial charge in [0.05, 0.1) is 16.5 Å². The van der Waals surface area contributed by atoms with E-state index in [1.54, 1.807) is 0 Å². The zero-order chi connectivity index (χ0) is 44.0. The van der Waals surface area contributed by atoms with Crippen molar-refractivity contribution in [3.8, 4) is 33.4 Å². The van der Waals surface area contributed by atoms with Crippen LogP contribution in [0.15, 0.2) is 249 Å². The van der Waals surface area contributed by atoms with Crippen LogP contribution in [-0.2, 0) is 16.2 Å². The molecule has 0 aliphatic heterocycles. The molecule has 0 unspecified atom stereocenters. The predicted octanol–water partition coefficient (Wildman–Crippen LogP) is 16.2. The van der Waals surface area contributed by atoms with Crippen molar-refractivity contribution in [2.75, 3.05) is 4.90 Å². The highest BCUT2D eigenvalue weighted by atomic mass is 15.1. The summed E-state index contributed by atoms with van der Waals surface area (Å²) in [5, 5.41) is 0. The second-order valence-electron chi connectivity index (χ2n) is 18.7. The van der Waals surface area contributed by atoms with Crippen molar-refractivity contribution in [3.05, 3.63) is 304 Å². The summed E-state index contributed by atoms with van der Waals surface area (Å²) in [6, 6.07) is 93.2. The van der Waals surface area contributed by atoms with Gasteiger partial charge < -0.3 is 4.90 Å². The van der Waals surface area contributed by atoms with Gasteiger partial charge >= 0.3 is 0 Å². The summed E-state index contributed by atoms with van der Waals surface area (Å²) in [5.74, 6) is 0. The van der Waals surface area contributed by atoms with Crippen LogP contribution in [0.4, 0.5) is 17.1 Å². The molecule has 0 aromatic heterocycles.